The zero-order chi connectivity index (χ0) is 18.6. The van der Waals surface area contributed by atoms with E-state index in [2.05, 4.69) is 49.3 Å². The molecule has 1 aliphatic rings. The van der Waals surface area contributed by atoms with E-state index in [1.54, 1.807) is 23.7 Å². The maximum atomic E-state index is 9.69. The van der Waals surface area contributed by atoms with Crippen molar-refractivity contribution in [1.82, 2.24) is 24.4 Å². The second-order valence-corrected chi connectivity index (χ2v) is 7.42. The Morgan fingerprint density at radius 3 is 3.07 bits per heavy atom. The SMILES string of the molecule is C=CCNc1ncnc2c1ncn2[C@H]1CN(Cc2cccs2)C[C@@H](CO)O1. The van der Waals surface area contributed by atoms with E-state index in [0.29, 0.717) is 36.6 Å². The first-order valence-electron chi connectivity index (χ1n) is 8.82. The molecule has 0 aliphatic carbocycles. The number of aromatic nitrogens is 4. The lowest BCUT2D eigenvalue weighted by molar-refractivity contribution is -0.135. The number of aliphatic hydroxyl groups excluding tert-OH is 1. The van der Waals surface area contributed by atoms with Crippen molar-refractivity contribution in [3.63, 3.8) is 0 Å². The minimum atomic E-state index is -0.275. The van der Waals surface area contributed by atoms with Gasteiger partial charge in [-0.2, -0.15) is 0 Å². The lowest BCUT2D eigenvalue weighted by Crippen LogP contribution is -2.46. The fourth-order valence-corrected chi connectivity index (χ4v) is 4.01. The highest BCUT2D eigenvalue weighted by molar-refractivity contribution is 7.09. The van der Waals surface area contributed by atoms with E-state index in [0.717, 1.165) is 6.54 Å². The molecule has 3 aromatic rings. The quantitative estimate of drug-likeness (QED) is 0.599. The Hall–Kier alpha value is -2.33. The molecule has 1 aliphatic heterocycles. The third-order valence-corrected chi connectivity index (χ3v) is 5.33. The molecule has 8 nitrogen and oxygen atoms in total. The molecule has 4 rings (SSSR count). The maximum Gasteiger partial charge on any atom is 0.167 e. The Balaban J connectivity index is 1.60. The first-order chi connectivity index (χ1) is 13.3. The molecule has 1 fully saturated rings. The highest BCUT2D eigenvalue weighted by Gasteiger charge is 2.30. The van der Waals surface area contributed by atoms with Crippen LogP contribution in [-0.4, -0.2) is 61.9 Å². The van der Waals surface area contributed by atoms with Gasteiger partial charge in [-0.05, 0) is 11.4 Å². The summed E-state index contributed by atoms with van der Waals surface area (Å²) in [6, 6.07) is 4.18. The van der Waals surface area contributed by atoms with Gasteiger partial charge in [-0.15, -0.1) is 17.9 Å². The van der Waals surface area contributed by atoms with Crippen LogP contribution in [0.4, 0.5) is 5.82 Å². The number of fused-ring (bicyclic) bond motifs is 1. The topological polar surface area (TPSA) is 88.3 Å². The highest BCUT2D eigenvalue weighted by atomic mass is 32.1. The highest BCUT2D eigenvalue weighted by Crippen LogP contribution is 2.27. The fourth-order valence-electron chi connectivity index (χ4n) is 3.26. The Morgan fingerprint density at radius 2 is 2.30 bits per heavy atom. The fraction of sp³-hybridized carbons (Fsp3) is 0.389. The van der Waals surface area contributed by atoms with Crippen molar-refractivity contribution in [3.8, 4) is 0 Å². The number of morpholine rings is 1. The summed E-state index contributed by atoms with van der Waals surface area (Å²) in [4.78, 5) is 16.7. The van der Waals surface area contributed by atoms with E-state index in [1.807, 2.05) is 4.57 Å². The number of hydrogen-bond acceptors (Lipinski definition) is 8. The molecule has 0 saturated carbocycles. The van der Waals surface area contributed by atoms with E-state index < -0.39 is 0 Å². The van der Waals surface area contributed by atoms with Crippen LogP contribution in [0.15, 0.2) is 42.8 Å². The Labute approximate surface area is 161 Å². The number of aliphatic hydroxyl groups is 1. The van der Waals surface area contributed by atoms with Gasteiger partial charge in [0.25, 0.3) is 0 Å². The molecule has 0 aromatic carbocycles. The van der Waals surface area contributed by atoms with E-state index in [9.17, 15) is 5.11 Å². The first-order valence-corrected chi connectivity index (χ1v) is 9.69. The number of nitrogens with zero attached hydrogens (tertiary/aromatic N) is 5. The van der Waals surface area contributed by atoms with Crippen LogP contribution >= 0.6 is 11.3 Å². The molecule has 1 saturated heterocycles. The van der Waals surface area contributed by atoms with Crippen molar-refractivity contribution in [3.05, 3.63) is 47.7 Å². The predicted molar refractivity (Wildman–Crippen MR) is 105 cm³/mol. The van der Waals surface area contributed by atoms with Crippen molar-refractivity contribution in [1.29, 1.82) is 0 Å². The summed E-state index contributed by atoms with van der Waals surface area (Å²) >= 11 is 1.74. The average molecular weight is 386 g/mol. The van der Waals surface area contributed by atoms with Gasteiger partial charge in [0, 0.05) is 31.1 Å². The molecular formula is C18H22N6O2S. The molecule has 27 heavy (non-hydrogen) atoms. The van der Waals surface area contributed by atoms with Crippen LogP contribution in [0.25, 0.3) is 11.2 Å². The molecule has 0 amide bonds. The Bertz CT molecular complexity index is 897. The van der Waals surface area contributed by atoms with E-state index in [1.165, 1.54) is 11.2 Å². The largest absolute Gasteiger partial charge is 0.394 e. The molecule has 0 unspecified atom stereocenters. The first kappa shape index (κ1) is 18.1. The molecule has 2 atom stereocenters. The lowest BCUT2D eigenvalue weighted by atomic mass is 10.2. The number of thiophene rings is 1. The van der Waals surface area contributed by atoms with Crippen LogP contribution in [0, 0.1) is 0 Å². The lowest BCUT2D eigenvalue weighted by Gasteiger charge is -2.37. The summed E-state index contributed by atoms with van der Waals surface area (Å²) in [5.41, 5.74) is 1.40. The van der Waals surface area contributed by atoms with E-state index in [4.69, 9.17) is 4.74 Å². The number of rotatable bonds is 7. The van der Waals surface area contributed by atoms with E-state index in [-0.39, 0.29) is 18.9 Å². The number of nitrogens with one attached hydrogen (secondary N) is 1. The van der Waals surface area contributed by atoms with Gasteiger partial charge in [0.15, 0.2) is 17.0 Å². The predicted octanol–water partition coefficient (Wildman–Crippen LogP) is 1.88. The normalized spacial score (nSPS) is 20.8. The van der Waals surface area contributed by atoms with Crippen LogP contribution in [0.2, 0.25) is 0 Å². The zero-order valence-electron chi connectivity index (χ0n) is 14.9. The van der Waals surface area contributed by atoms with Crippen molar-refractivity contribution < 1.29 is 9.84 Å². The van der Waals surface area contributed by atoms with Crippen molar-refractivity contribution in [2.45, 2.75) is 18.9 Å². The Kier molecular flexibility index (Phi) is 5.44. The second kappa shape index (κ2) is 8.13. The summed E-state index contributed by atoms with van der Waals surface area (Å²) in [5.74, 6) is 0.670. The van der Waals surface area contributed by atoms with Gasteiger partial charge in [-0.1, -0.05) is 12.1 Å². The van der Waals surface area contributed by atoms with E-state index >= 15 is 0 Å². The third kappa shape index (κ3) is 3.86. The van der Waals surface area contributed by atoms with Crippen LogP contribution in [0.5, 0.6) is 0 Å². The zero-order valence-corrected chi connectivity index (χ0v) is 15.7. The summed E-state index contributed by atoms with van der Waals surface area (Å²) in [6.07, 6.45) is 4.49. The standard InChI is InChI=1S/C18H22N6O2S/c1-2-5-19-17-16-18(21-11-20-17)24(12-22-16)15-9-23(7-13(10-25)26-15)8-14-4-3-6-27-14/h2-4,6,11-13,15,25H,1,5,7-10H2,(H,19,20,21)/t13-,15+/m0/s1. The number of ether oxygens (including phenoxy) is 1. The monoisotopic (exact) mass is 386 g/mol. The summed E-state index contributed by atoms with van der Waals surface area (Å²) < 4.78 is 8.01. The smallest absolute Gasteiger partial charge is 0.167 e. The summed E-state index contributed by atoms with van der Waals surface area (Å²) in [6.45, 7) is 6.51. The number of imidazole rings is 1. The van der Waals surface area contributed by atoms with Crippen LogP contribution in [0.1, 0.15) is 11.1 Å². The van der Waals surface area contributed by atoms with Crippen molar-refractivity contribution in [2.24, 2.45) is 0 Å². The molecule has 142 valence electrons. The number of hydrogen-bond donors (Lipinski definition) is 2. The molecule has 9 heteroatoms. The maximum absolute atomic E-state index is 9.69. The van der Waals surface area contributed by atoms with Crippen LogP contribution < -0.4 is 5.32 Å². The molecule has 0 spiro atoms. The molecular weight excluding hydrogens is 364 g/mol. The van der Waals surface area contributed by atoms with Gasteiger partial charge in [0.2, 0.25) is 0 Å². The summed E-state index contributed by atoms with van der Waals surface area (Å²) in [7, 11) is 0. The minimum absolute atomic E-state index is 0.0226. The van der Waals surface area contributed by atoms with Crippen molar-refractivity contribution in [2.75, 3.05) is 31.6 Å². The second-order valence-electron chi connectivity index (χ2n) is 6.38. The average Bonchev–Trinajstić information content (AvgIpc) is 3.35. The van der Waals surface area contributed by atoms with Crippen LogP contribution in [-0.2, 0) is 11.3 Å². The molecule has 3 aromatic heterocycles. The van der Waals surface area contributed by atoms with Gasteiger partial charge in [-0.25, -0.2) is 15.0 Å². The number of anilines is 1. The molecule has 2 N–H and O–H groups in total. The van der Waals surface area contributed by atoms with Gasteiger partial charge < -0.3 is 15.2 Å². The van der Waals surface area contributed by atoms with Gasteiger partial charge in [0.05, 0.1) is 19.0 Å². The minimum Gasteiger partial charge on any atom is -0.394 e. The van der Waals surface area contributed by atoms with Gasteiger partial charge in [-0.3, -0.25) is 9.47 Å². The Morgan fingerprint density at radius 1 is 1.37 bits per heavy atom. The van der Waals surface area contributed by atoms with Crippen molar-refractivity contribution >= 4 is 28.3 Å². The summed E-state index contributed by atoms with van der Waals surface area (Å²) in [5, 5.41) is 14.9. The molecule has 4 heterocycles. The molecule has 0 radical (unpaired) electrons. The van der Waals surface area contributed by atoms with Crippen LogP contribution in [0.3, 0.4) is 0 Å². The molecule has 0 bridgehead atoms. The van der Waals surface area contributed by atoms with Gasteiger partial charge >= 0.3 is 0 Å². The third-order valence-electron chi connectivity index (χ3n) is 4.47. The van der Waals surface area contributed by atoms with Gasteiger partial charge in [0.1, 0.15) is 12.6 Å².